The Kier molecular flexibility index (Phi) is 4.05. The lowest BCUT2D eigenvalue weighted by molar-refractivity contribution is -0.155. The van der Waals surface area contributed by atoms with Crippen LogP contribution in [0.2, 0.25) is 0 Å². The maximum Gasteiger partial charge on any atom is 0.324 e. The predicted molar refractivity (Wildman–Crippen MR) is 52.2 cm³/mol. The molecule has 0 radical (unpaired) electrons. The molecule has 3 atom stereocenters. The molecule has 0 bridgehead atoms. The van der Waals surface area contributed by atoms with Gasteiger partial charge >= 0.3 is 11.9 Å². The van der Waals surface area contributed by atoms with Gasteiger partial charge < -0.3 is 20.9 Å². The Morgan fingerprint density at radius 1 is 1.60 bits per heavy atom. The van der Waals surface area contributed by atoms with Crippen LogP contribution in [0.5, 0.6) is 0 Å². The highest BCUT2D eigenvalue weighted by molar-refractivity contribution is 5.78. The van der Waals surface area contributed by atoms with Gasteiger partial charge in [0.15, 0.2) is 0 Å². The predicted octanol–water partition coefficient (Wildman–Crippen LogP) is -0.918. The molecule has 4 N–H and O–H groups in total. The molecule has 0 aromatic rings. The number of ether oxygens (including phenoxy) is 1. The van der Waals surface area contributed by atoms with Gasteiger partial charge in [0.2, 0.25) is 0 Å². The first-order chi connectivity index (χ1) is 7.02. The van der Waals surface area contributed by atoms with Crippen LogP contribution in [0.1, 0.15) is 19.8 Å². The summed E-state index contributed by atoms with van der Waals surface area (Å²) in [4.78, 5) is 22.0. The molecule has 0 unspecified atom stereocenters. The standard InChI is InChI=1S/C9H16N2O4/c1-5(7(10)8(12)13)15-9(14)6-3-2-4-11-6/h5-7,11H,2-4,10H2,1H3,(H,12,13)/t5-,6+,7+/m1/s1. The lowest BCUT2D eigenvalue weighted by Crippen LogP contribution is -2.45. The number of nitrogens with two attached hydrogens (primary N) is 1. The van der Waals surface area contributed by atoms with Gasteiger partial charge in [-0.2, -0.15) is 0 Å². The fourth-order valence-corrected chi connectivity index (χ4v) is 1.43. The van der Waals surface area contributed by atoms with E-state index >= 15 is 0 Å². The number of esters is 1. The average Bonchev–Trinajstić information content (AvgIpc) is 2.68. The molecule has 0 amide bonds. The Balaban J connectivity index is 2.39. The number of carbonyl (C=O) groups is 2. The summed E-state index contributed by atoms with van der Waals surface area (Å²) in [7, 11) is 0. The zero-order chi connectivity index (χ0) is 11.4. The third-order valence-electron chi connectivity index (χ3n) is 2.44. The third-order valence-corrected chi connectivity index (χ3v) is 2.44. The van der Waals surface area contributed by atoms with Crippen LogP contribution in [-0.2, 0) is 14.3 Å². The Hall–Kier alpha value is -1.14. The number of rotatable bonds is 4. The molecule has 0 saturated carbocycles. The van der Waals surface area contributed by atoms with E-state index in [9.17, 15) is 9.59 Å². The number of hydrogen-bond acceptors (Lipinski definition) is 5. The molecule has 0 aromatic heterocycles. The highest BCUT2D eigenvalue weighted by atomic mass is 16.5. The van der Waals surface area contributed by atoms with Crippen molar-refractivity contribution in [3.63, 3.8) is 0 Å². The van der Waals surface area contributed by atoms with Crippen LogP contribution >= 0.6 is 0 Å². The van der Waals surface area contributed by atoms with Crippen LogP contribution in [0.4, 0.5) is 0 Å². The summed E-state index contributed by atoms with van der Waals surface area (Å²) in [5.41, 5.74) is 5.31. The molecule has 1 rings (SSSR count). The summed E-state index contributed by atoms with van der Waals surface area (Å²) in [5.74, 6) is -1.59. The van der Waals surface area contributed by atoms with Gasteiger partial charge in [0.05, 0.1) is 0 Å². The van der Waals surface area contributed by atoms with Crippen LogP contribution in [0.3, 0.4) is 0 Å². The van der Waals surface area contributed by atoms with E-state index in [0.29, 0.717) is 0 Å². The molecule has 1 saturated heterocycles. The minimum absolute atomic E-state index is 0.312. The van der Waals surface area contributed by atoms with Crippen molar-refractivity contribution in [3.05, 3.63) is 0 Å². The summed E-state index contributed by atoms with van der Waals surface area (Å²) < 4.78 is 4.95. The maximum absolute atomic E-state index is 11.4. The number of aliphatic carboxylic acids is 1. The van der Waals surface area contributed by atoms with E-state index in [1.165, 1.54) is 6.92 Å². The summed E-state index contributed by atoms with van der Waals surface area (Å²) in [6.45, 7) is 2.27. The maximum atomic E-state index is 11.4. The molecule has 1 heterocycles. The van der Waals surface area contributed by atoms with E-state index in [4.69, 9.17) is 15.6 Å². The number of carbonyl (C=O) groups excluding carboxylic acids is 1. The zero-order valence-electron chi connectivity index (χ0n) is 8.60. The quantitative estimate of drug-likeness (QED) is 0.525. The van der Waals surface area contributed by atoms with Crippen LogP contribution in [0, 0.1) is 0 Å². The van der Waals surface area contributed by atoms with Crippen LogP contribution in [0.25, 0.3) is 0 Å². The van der Waals surface area contributed by atoms with Gasteiger partial charge in [-0.05, 0) is 26.3 Å². The van der Waals surface area contributed by atoms with E-state index in [2.05, 4.69) is 5.32 Å². The summed E-state index contributed by atoms with van der Waals surface area (Å²) in [6, 6.07) is -1.48. The monoisotopic (exact) mass is 216 g/mol. The van der Waals surface area contributed by atoms with Crippen molar-refractivity contribution in [1.29, 1.82) is 0 Å². The van der Waals surface area contributed by atoms with E-state index in [1.807, 2.05) is 0 Å². The molecular formula is C9H16N2O4. The Morgan fingerprint density at radius 2 is 2.27 bits per heavy atom. The van der Waals surface area contributed by atoms with Gasteiger partial charge in [-0.25, -0.2) is 0 Å². The van der Waals surface area contributed by atoms with Crippen molar-refractivity contribution in [2.24, 2.45) is 5.73 Å². The Morgan fingerprint density at radius 3 is 2.73 bits per heavy atom. The summed E-state index contributed by atoms with van der Waals surface area (Å²) in [6.07, 6.45) is 0.852. The second-order valence-corrected chi connectivity index (χ2v) is 3.65. The van der Waals surface area contributed by atoms with Crippen molar-refractivity contribution in [1.82, 2.24) is 5.32 Å². The first-order valence-corrected chi connectivity index (χ1v) is 4.94. The Bertz CT molecular complexity index is 250. The molecule has 1 aliphatic heterocycles. The second-order valence-electron chi connectivity index (χ2n) is 3.65. The van der Waals surface area contributed by atoms with Crippen LogP contribution in [0.15, 0.2) is 0 Å². The van der Waals surface area contributed by atoms with Crippen molar-refractivity contribution in [2.75, 3.05) is 6.54 Å². The number of carboxylic acid groups (broad SMARTS) is 1. The van der Waals surface area contributed by atoms with E-state index in [1.54, 1.807) is 0 Å². The highest BCUT2D eigenvalue weighted by Crippen LogP contribution is 2.08. The van der Waals surface area contributed by atoms with E-state index < -0.39 is 24.1 Å². The summed E-state index contributed by atoms with van der Waals surface area (Å²) in [5, 5.41) is 11.6. The lowest BCUT2D eigenvalue weighted by atomic mass is 10.2. The van der Waals surface area contributed by atoms with E-state index in [-0.39, 0.29) is 6.04 Å². The van der Waals surface area contributed by atoms with Crippen molar-refractivity contribution in [2.45, 2.75) is 38.0 Å². The molecule has 6 nitrogen and oxygen atoms in total. The fourth-order valence-electron chi connectivity index (χ4n) is 1.43. The molecule has 86 valence electrons. The molecule has 0 aliphatic carbocycles. The lowest BCUT2D eigenvalue weighted by Gasteiger charge is -2.19. The van der Waals surface area contributed by atoms with E-state index in [0.717, 1.165) is 19.4 Å². The SMILES string of the molecule is C[C@@H](OC(=O)[C@@H]1CCCN1)[C@H](N)C(=O)O. The number of nitrogens with one attached hydrogen (secondary N) is 1. The van der Waals surface area contributed by atoms with Gasteiger partial charge in [0.25, 0.3) is 0 Å². The number of hydrogen-bond donors (Lipinski definition) is 3. The Labute approximate surface area is 87.8 Å². The van der Waals surface area contributed by atoms with Crippen molar-refractivity contribution in [3.8, 4) is 0 Å². The molecule has 1 aliphatic rings. The molecular weight excluding hydrogens is 200 g/mol. The van der Waals surface area contributed by atoms with Gasteiger partial charge in [-0.3, -0.25) is 9.59 Å². The molecule has 0 aromatic carbocycles. The van der Waals surface area contributed by atoms with Gasteiger partial charge in [-0.15, -0.1) is 0 Å². The fraction of sp³-hybridized carbons (Fsp3) is 0.778. The minimum Gasteiger partial charge on any atom is -0.480 e. The smallest absolute Gasteiger partial charge is 0.324 e. The molecule has 1 fully saturated rings. The van der Waals surface area contributed by atoms with Gasteiger partial charge in [0.1, 0.15) is 18.2 Å². The first kappa shape index (κ1) is 11.9. The first-order valence-electron chi connectivity index (χ1n) is 4.94. The van der Waals surface area contributed by atoms with Gasteiger partial charge in [0, 0.05) is 0 Å². The molecule has 0 spiro atoms. The largest absolute Gasteiger partial charge is 0.480 e. The van der Waals surface area contributed by atoms with Crippen molar-refractivity contribution < 1.29 is 19.4 Å². The summed E-state index contributed by atoms with van der Waals surface area (Å²) >= 11 is 0. The normalized spacial score (nSPS) is 24.5. The molecule has 15 heavy (non-hydrogen) atoms. The van der Waals surface area contributed by atoms with Gasteiger partial charge in [-0.1, -0.05) is 0 Å². The van der Waals surface area contributed by atoms with Crippen LogP contribution < -0.4 is 11.1 Å². The second kappa shape index (κ2) is 5.09. The minimum atomic E-state index is -1.17. The van der Waals surface area contributed by atoms with Crippen molar-refractivity contribution >= 4 is 11.9 Å². The number of carboxylic acids is 1. The van der Waals surface area contributed by atoms with Crippen LogP contribution in [-0.4, -0.2) is 41.8 Å². The third kappa shape index (κ3) is 3.17. The highest BCUT2D eigenvalue weighted by Gasteiger charge is 2.28. The topological polar surface area (TPSA) is 102 Å². The zero-order valence-corrected chi connectivity index (χ0v) is 8.60. The average molecular weight is 216 g/mol. The molecule has 6 heteroatoms.